The molecular weight excluding hydrogens is 124 g/mol. The monoisotopic (exact) mass is 133 g/mol. The van der Waals surface area contributed by atoms with E-state index >= 15 is 0 Å². The van der Waals surface area contributed by atoms with Crippen LogP contribution in [0.4, 0.5) is 8.78 Å². The van der Waals surface area contributed by atoms with E-state index in [-0.39, 0.29) is 12.6 Å². The summed E-state index contributed by atoms with van der Waals surface area (Å²) in [4.78, 5) is 0. The van der Waals surface area contributed by atoms with E-state index in [0.717, 1.165) is 0 Å². The standard InChI is InChI=1S/C6H9F2N/c1-3-5(2)9-4-6(7)8/h1,5-6,9H,4H2,2H3. The number of rotatable bonds is 3. The smallest absolute Gasteiger partial charge is 0.250 e. The molecule has 0 saturated heterocycles. The minimum atomic E-state index is -2.32. The first-order chi connectivity index (χ1) is 4.16. The van der Waals surface area contributed by atoms with E-state index in [1.165, 1.54) is 0 Å². The molecule has 0 aromatic rings. The Morgan fingerprint density at radius 3 is 2.56 bits per heavy atom. The zero-order valence-electron chi connectivity index (χ0n) is 5.20. The molecule has 1 nitrogen and oxygen atoms in total. The molecule has 9 heavy (non-hydrogen) atoms. The van der Waals surface area contributed by atoms with E-state index in [9.17, 15) is 8.78 Å². The molecule has 0 aromatic heterocycles. The maximum absolute atomic E-state index is 11.4. The lowest BCUT2D eigenvalue weighted by molar-refractivity contribution is 0.144. The molecule has 0 aliphatic carbocycles. The molecule has 0 amide bonds. The van der Waals surface area contributed by atoms with Crippen molar-refractivity contribution in [3.05, 3.63) is 0 Å². The van der Waals surface area contributed by atoms with E-state index in [1.54, 1.807) is 6.92 Å². The van der Waals surface area contributed by atoms with Gasteiger partial charge in [0, 0.05) is 0 Å². The van der Waals surface area contributed by atoms with Crippen LogP contribution in [0.2, 0.25) is 0 Å². The summed E-state index contributed by atoms with van der Waals surface area (Å²) in [7, 11) is 0. The summed E-state index contributed by atoms with van der Waals surface area (Å²) in [6.07, 6.45) is 2.58. The Bertz CT molecular complexity index is 106. The van der Waals surface area contributed by atoms with Crippen molar-refractivity contribution >= 4 is 0 Å². The number of terminal acetylenes is 1. The van der Waals surface area contributed by atoms with Gasteiger partial charge in [0.15, 0.2) is 0 Å². The van der Waals surface area contributed by atoms with Gasteiger partial charge in [-0.25, -0.2) is 8.78 Å². The first kappa shape index (κ1) is 8.38. The van der Waals surface area contributed by atoms with Gasteiger partial charge in [0.25, 0.3) is 6.43 Å². The van der Waals surface area contributed by atoms with Gasteiger partial charge in [-0.05, 0) is 6.92 Å². The Morgan fingerprint density at radius 1 is 1.67 bits per heavy atom. The molecule has 0 saturated carbocycles. The molecule has 0 heterocycles. The summed E-state index contributed by atoms with van der Waals surface area (Å²) in [5, 5.41) is 2.45. The predicted octanol–water partition coefficient (Wildman–Crippen LogP) is 0.863. The fourth-order valence-corrected chi connectivity index (χ4v) is 0.325. The molecule has 0 aromatic carbocycles. The van der Waals surface area contributed by atoms with Gasteiger partial charge in [-0.2, -0.15) is 0 Å². The van der Waals surface area contributed by atoms with Crippen LogP contribution in [-0.2, 0) is 0 Å². The van der Waals surface area contributed by atoms with E-state index in [4.69, 9.17) is 6.42 Å². The molecule has 0 spiro atoms. The van der Waals surface area contributed by atoms with Crippen molar-refractivity contribution in [3.63, 3.8) is 0 Å². The van der Waals surface area contributed by atoms with Crippen LogP contribution < -0.4 is 5.32 Å². The zero-order chi connectivity index (χ0) is 7.28. The van der Waals surface area contributed by atoms with Crippen LogP contribution >= 0.6 is 0 Å². The second-order valence-electron chi connectivity index (χ2n) is 1.69. The van der Waals surface area contributed by atoms with Crippen LogP contribution in [0.3, 0.4) is 0 Å². The third kappa shape index (κ3) is 5.25. The Balaban J connectivity index is 3.19. The Kier molecular flexibility index (Phi) is 3.98. The highest BCUT2D eigenvalue weighted by atomic mass is 19.3. The molecule has 3 heteroatoms. The summed E-state index contributed by atoms with van der Waals surface area (Å²) in [6, 6.07) is -0.265. The highest BCUT2D eigenvalue weighted by Gasteiger charge is 2.02. The van der Waals surface area contributed by atoms with Gasteiger partial charge in [-0.15, -0.1) is 6.42 Å². The Morgan fingerprint density at radius 2 is 2.22 bits per heavy atom. The van der Waals surface area contributed by atoms with E-state index in [0.29, 0.717) is 0 Å². The van der Waals surface area contributed by atoms with Crippen molar-refractivity contribution in [1.29, 1.82) is 0 Å². The molecule has 0 rings (SSSR count). The predicted molar refractivity (Wildman–Crippen MR) is 32.3 cm³/mol. The topological polar surface area (TPSA) is 12.0 Å². The summed E-state index contributed by atoms with van der Waals surface area (Å²) < 4.78 is 22.8. The van der Waals surface area contributed by atoms with Crippen molar-refractivity contribution < 1.29 is 8.78 Å². The summed E-state index contributed by atoms with van der Waals surface area (Å²) in [5.41, 5.74) is 0. The third-order valence-corrected chi connectivity index (χ3v) is 0.828. The lowest BCUT2D eigenvalue weighted by Gasteiger charge is -2.04. The molecule has 1 unspecified atom stereocenters. The first-order valence-electron chi connectivity index (χ1n) is 2.64. The van der Waals surface area contributed by atoms with E-state index in [1.807, 2.05) is 0 Å². The first-order valence-corrected chi connectivity index (χ1v) is 2.64. The van der Waals surface area contributed by atoms with Gasteiger partial charge in [-0.3, -0.25) is 5.32 Å². The molecule has 1 N–H and O–H groups in total. The van der Waals surface area contributed by atoms with Gasteiger partial charge in [0.05, 0.1) is 12.6 Å². The summed E-state index contributed by atoms with van der Waals surface area (Å²) in [6.45, 7) is 1.33. The zero-order valence-corrected chi connectivity index (χ0v) is 5.20. The van der Waals surface area contributed by atoms with Crippen LogP contribution in [0, 0.1) is 12.3 Å². The molecule has 0 aliphatic rings. The van der Waals surface area contributed by atoms with Crippen molar-refractivity contribution in [2.24, 2.45) is 0 Å². The minimum Gasteiger partial charge on any atom is -0.298 e. The van der Waals surface area contributed by atoms with Gasteiger partial charge in [-0.1, -0.05) is 5.92 Å². The lowest BCUT2D eigenvalue weighted by Crippen LogP contribution is -2.29. The average Bonchev–Trinajstić information content (AvgIpc) is 1.83. The van der Waals surface area contributed by atoms with Crippen LogP contribution in [0.5, 0.6) is 0 Å². The second-order valence-corrected chi connectivity index (χ2v) is 1.69. The van der Waals surface area contributed by atoms with Crippen LogP contribution in [0.15, 0.2) is 0 Å². The largest absolute Gasteiger partial charge is 0.298 e. The van der Waals surface area contributed by atoms with Crippen LogP contribution in [-0.4, -0.2) is 19.0 Å². The lowest BCUT2D eigenvalue weighted by atomic mass is 10.3. The summed E-state index contributed by atoms with van der Waals surface area (Å²) >= 11 is 0. The number of alkyl halides is 2. The molecule has 0 radical (unpaired) electrons. The number of nitrogens with one attached hydrogen (secondary N) is 1. The highest BCUT2D eigenvalue weighted by Crippen LogP contribution is 1.88. The number of hydrogen-bond donors (Lipinski definition) is 1. The second kappa shape index (κ2) is 4.28. The Hall–Kier alpha value is -0.620. The maximum Gasteiger partial charge on any atom is 0.250 e. The molecule has 0 aliphatic heterocycles. The maximum atomic E-state index is 11.4. The third-order valence-electron chi connectivity index (χ3n) is 0.828. The van der Waals surface area contributed by atoms with Crippen molar-refractivity contribution in [3.8, 4) is 12.3 Å². The fraction of sp³-hybridized carbons (Fsp3) is 0.667. The normalized spacial score (nSPS) is 13.2. The highest BCUT2D eigenvalue weighted by molar-refractivity contribution is 4.95. The molecular formula is C6H9F2N. The molecule has 52 valence electrons. The van der Waals surface area contributed by atoms with Crippen molar-refractivity contribution in [2.45, 2.75) is 19.4 Å². The van der Waals surface area contributed by atoms with Crippen LogP contribution in [0.1, 0.15) is 6.92 Å². The van der Waals surface area contributed by atoms with E-state index in [2.05, 4.69) is 11.2 Å². The molecule has 0 fully saturated rings. The quantitative estimate of drug-likeness (QED) is 0.563. The van der Waals surface area contributed by atoms with E-state index < -0.39 is 6.43 Å². The average molecular weight is 133 g/mol. The Labute approximate surface area is 53.4 Å². The SMILES string of the molecule is C#CC(C)NCC(F)F. The van der Waals surface area contributed by atoms with Crippen molar-refractivity contribution in [2.75, 3.05) is 6.54 Å². The molecule has 0 bridgehead atoms. The number of hydrogen-bond acceptors (Lipinski definition) is 1. The minimum absolute atomic E-state index is 0.265. The fourth-order valence-electron chi connectivity index (χ4n) is 0.325. The van der Waals surface area contributed by atoms with Crippen LogP contribution in [0.25, 0.3) is 0 Å². The van der Waals surface area contributed by atoms with Gasteiger partial charge in [0.2, 0.25) is 0 Å². The van der Waals surface area contributed by atoms with Crippen molar-refractivity contribution in [1.82, 2.24) is 5.32 Å². The van der Waals surface area contributed by atoms with Gasteiger partial charge in [0.1, 0.15) is 0 Å². The van der Waals surface area contributed by atoms with Gasteiger partial charge < -0.3 is 0 Å². The summed E-state index contributed by atoms with van der Waals surface area (Å²) in [5.74, 6) is 2.28. The molecule has 1 atom stereocenters. The van der Waals surface area contributed by atoms with Gasteiger partial charge >= 0.3 is 0 Å². The number of halogens is 2.